The van der Waals surface area contributed by atoms with Gasteiger partial charge in [-0.15, -0.1) is 0 Å². The Kier molecular flexibility index (Phi) is 3.60. The monoisotopic (exact) mass is 256 g/mol. The van der Waals surface area contributed by atoms with Crippen molar-refractivity contribution in [2.45, 2.75) is 37.9 Å². The van der Waals surface area contributed by atoms with E-state index in [1.165, 1.54) is 42.2 Å². The molecule has 0 spiro atoms. The molecule has 3 rings (SSSR count). The van der Waals surface area contributed by atoms with Crippen molar-refractivity contribution in [3.63, 3.8) is 0 Å². The zero-order valence-corrected chi connectivity index (χ0v) is 11.8. The third-order valence-corrected chi connectivity index (χ3v) is 5.19. The molecule has 1 atom stereocenters. The molecule has 0 aromatic heterocycles. The highest BCUT2D eigenvalue weighted by atomic mass is 32.2. The predicted molar refractivity (Wildman–Crippen MR) is 82.4 cm³/mol. The lowest BCUT2D eigenvalue weighted by Gasteiger charge is -2.11. The first-order valence-corrected chi connectivity index (χ1v) is 8.07. The minimum absolute atomic E-state index is 0.697. The molecule has 1 aliphatic rings. The first-order chi connectivity index (χ1) is 8.90. The number of rotatable bonds is 5. The van der Waals surface area contributed by atoms with Gasteiger partial charge in [0.05, 0.1) is 0 Å². The van der Waals surface area contributed by atoms with Gasteiger partial charge in [-0.25, -0.2) is 0 Å². The second-order valence-electron chi connectivity index (χ2n) is 5.13. The molecular weight excluding hydrogens is 236 g/mol. The summed E-state index contributed by atoms with van der Waals surface area (Å²) in [6.45, 7) is 2.27. The van der Waals surface area contributed by atoms with Crippen LogP contribution in [0.15, 0.2) is 36.4 Å². The predicted octanol–water partition coefficient (Wildman–Crippen LogP) is 5.36. The lowest BCUT2D eigenvalue weighted by molar-refractivity contribution is 0.776. The highest BCUT2D eigenvalue weighted by molar-refractivity contribution is 7.99. The summed E-state index contributed by atoms with van der Waals surface area (Å²) in [7, 11) is 0. The summed E-state index contributed by atoms with van der Waals surface area (Å²) in [5.74, 6) is 1.31. The van der Waals surface area contributed by atoms with Crippen LogP contribution >= 0.6 is 11.8 Å². The normalized spacial score (nSPS) is 17.5. The Morgan fingerprint density at radius 3 is 2.78 bits per heavy atom. The molecule has 2 aromatic rings. The molecule has 0 aliphatic heterocycles. The van der Waals surface area contributed by atoms with E-state index < -0.39 is 0 Å². The molecule has 0 bridgehead atoms. The topological polar surface area (TPSA) is 0 Å². The number of hydrogen-bond donors (Lipinski definition) is 0. The summed E-state index contributed by atoms with van der Waals surface area (Å²) in [5, 5.41) is 3.65. The van der Waals surface area contributed by atoms with E-state index in [1.807, 2.05) is 0 Å². The molecule has 18 heavy (non-hydrogen) atoms. The number of benzene rings is 2. The van der Waals surface area contributed by atoms with Gasteiger partial charge in [0.25, 0.3) is 0 Å². The molecule has 0 N–H and O–H groups in total. The quantitative estimate of drug-likeness (QED) is 0.649. The summed E-state index contributed by atoms with van der Waals surface area (Å²) in [4.78, 5) is 0. The van der Waals surface area contributed by atoms with Crippen LogP contribution < -0.4 is 0 Å². The van der Waals surface area contributed by atoms with Gasteiger partial charge in [-0.05, 0) is 40.5 Å². The molecule has 1 unspecified atom stereocenters. The maximum absolute atomic E-state index is 2.33. The third kappa shape index (κ3) is 2.16. The fourth-order valence-electron chi connectivity index (χ4n) is 2.92. The average Bonchev–Trinajstić information content (AvgIpc) is 2.76. The Labute approximate surface area is 114 Å². The van der Waals surface area contributed by atoms with Crippen molar-refractivity contribution >= 4 is 22.5 Å². The number of unbranched alkanes of at least 4 members (excludes halogenated alkanes) is 2. The van der Waals surface area contributed by atoms with Crippen LogP contribution in [0, 0.1) is 0 Å². The minimum atomic E-state index is 0.697. The molecular formula is C17H20S. The Hall–Kier alpha value is -0.950. The van der Waals surface area contributed by atoms with Crippen LogP contribution in [-0.4, -0.2) is 5.75 Å². The maximum Gasteiger partial charge on any atom is 0.0344 e. The van der Waals surface area contributed by atoms with Crippen LogP contribution in [0.25, 0.3) is 10.8 Å². The van der Waals surface area contributed by atoms with E-state index in [4.69, 9.17) is 0 Å². The van der Waals surface area contributed by atoms with Gasteiger partial charge in [0.2, 0.25) is 0 Å². The van der Waals surface area contributed by atoms with Crippen molar-refractivity contribution in [1.82, 2.24) is 0 Å². The van der Waals surface area contributed by atoms with E-state index in [0.29, 0.717) is 5.25 Å². The summed E-state index contributed by atoms with van der Waals surface area (Å²) in [6, 6.07) is 13.5. The summed E-state index contributed by atoms with van der Waals surface area (Å²) >= 11 is 2.15. The molecule has 0 radical (unpaired) electrons. The Morgan fingerprint density at radius 2 is 1.94 bits per heavy atom. The zero-order valence-electron chi connectivity index (χ0n) is 11.0. The van der Waals surface area contributed by atoms with E-state index in [-0.39, 0.29) is 0 Å². The fourth-order valence-corrected chi connectivity index (χ4v) is 4.25. The highest BCUT2D eigenvalue weighted by Crippen LogP contribution is 2.44. The molecule has 0 heterocycles. The van der Waals surface area contributed by atoms with E-state index in [9.17, 15) is 0 Å². The first-order valence-electron chi connectivity index (χ1n) is 7.02. The molecule has 0 amide bonds. The second kappa shape index (κ2) is 5.36. The molecule has 1 heteroatoms. The summed E-state index contributed by atoms with van der Waals surface area (Å²) < 4.78 is 0. The van der Waals surface area contributed by atoms with Crippen LogP contribution in [0.2, 0.25) is 0 Å². The van der Waals surface area contributed by atoms with E-state index in [1.54, 1.807) is 11.1 Å². The van der Waals surface area contributed by atoms with Crippen LogP contribution in [0.1, 0.15) is 42.6 Å². The Morgan fingerprint density at radius 1 is 1.11 bits per heavy atom. The molecule has 0 saturated carbocycles. The lowest BCUT2D eigenvalue weighted by atomic mass is 10.1. The van der Waals surface area contributed by atoms with Gasteiger partial charge in [-0.3, -0.25) is 0 Å². The van der Waals surface area contributed by atoms with Crippen LogP contribution in [0.5, 0.6) is 0 Å². The van der Waals surface area contributed by atoms with Gasteiger partial charge in [0.1, 0.15) is 0 Å². The van der Waals surface area contributed by atoms with Gasteiger partial charge < -0.3 is 0 Å². The standard InChI is InChI=1S/C17H20S/c1-2-3-4-11-18-16-12-14-9-5-7-13-8-6-10-15(16)17(13)14/h5-10,16H,2-4,11-12H2,1H3. The fraction of sp³-hybridized carbons (Fsp3) is 0.412. The smallest absolute Gasteiger partial charge is 0.0344 e. The van der Waals surface area contributed by atoms with Gasteiger partial charge in [0.15, 0.2) is 0 Å². The Balaban J connectivity index is 1.80. The summed E-state index contributed by atoms with van der Waals surface area (Å²) in [5.41, 5.74) is 3.13. The van der Waals surface area contributed by atoms with Crippen molar-refractivity contribution in [3.05, 3.63) is 47.5 Å². The van der Waals surface area contributed by atoms with Gasteiger partial charge in [0, 0.05) is 5.25 Å². The summed E-state index contributed by atoms with van der Waals surface area (Å²) in [6.07, 6.45) is 5.29. The number of hydrogen-bond acceptors (Lipinski definition) is 1. The van der Waals surface area contributed by atoms with Crippen LogP contribution in [0.3, 0.4) is 0 Å². The minimum Gasteiger partial charge on any atom is -0.153 e. The molecule has 2 aromatic carbocycles. The van der Waals surface area contributed by atoms with Gasteiger partial charge >= 0.3 is 0 Å². The molecule has 0 saturated heterocycles. The molecule has 0 fully saturated rings. The van der Waals surface area contributed by atoms with Crippen molar-refractivity contribution in [2.75, 3.05) is 5.75 Å². The molecule has 0 nitrogen and oxygen atoms in total. The van der Waals surface area contributed by atoms with Gasteiger partial charge in [-0.1, -0.05) is 56.2 Å². The van der Waals surface area contributed by atoms with Crippen molar-refractivity contribution in [2.24, 2.45) is 0 Å². The molecule has 94 valence electrons. The molecule has 1 aliphatic carbocycles. The Bertz CT molecular complexity index is 539. The lowest BCUT2D eigenvalue weighted by Crippen LogP contribution is -1.92. The number of thioether (sulfide) groups is 1. The average molecular weight is 256 g/mol. The SMILES string of the molecule is CCCCCSC1Cc2cccc3cccc1c23. The maximum atomic E-state index is 2.33. The van der Waals surface area contributed by atoms with Crippen molar-refractivity contribution in [1.29, 1.82) is 0 Å². The second-order valence-corrected chi connectivity index (χ2v) is 6.44. The zero-order chi connectivity index (χ0) is 12.4. The van der Waals surface area contributed by atoms with Crippen molar-refractivity contribution < 1.29 is 0 Å². The van der Waals surface area contributed by atoms with Crippen LogP contribution in [-0.2, 0) is 6.42 Å². The van der Waals surface area contributed by atoms with E-state index in [0.717, 1.165) is 0 Å². The van der Waals surface area contributed by atoms with E-state index >= 15 is 0 Å². The largest absolute Gasteiger partial charge is 0.153 e. The van der Waals surface area contributed by atoms with Crippen LogP contribution in [0.4, 0.5) is 0 Å². The third-order valence-electron chi connectivity index (χ3n) is 3.84. The first kappa shape index (κ1) is 12.1. The van der Waals surface area contributed by atoms with E-state index in [2.05, 4.69) is 55.1 Å². The van der Waals surface area contributed by atoms with Crippen molar-refractivity contribution in [3.8, 4) is 0 Å². The van der Waals surface area contributed by atoms with Gasteiger partial charge in [-0.2, -0.15) is 11.8 Å². The highest BCUT2D eigenvalue weighted by Gasteiger charge is 2.23.